The monoisotopic (exact) mass is 214 g/mol. The van der Waals surface area contributed by atoms with Crippen molar-refractivity contribution < 1.29 is 24.5 Å². The van der Waals surface area contributed by atoms with E-state index in [-0.39, 0.29) is 5.56 Å². The van der Waals surface area contributed by atoms with Gasteiger partial charge in [-0.05, 0) is 18.6 Å². The molecule has 5 heteroatoms. The molecule has 0 radical (unpaired) electrons. The molecule has 2 atom stereocenters. The van der Waals surface area contributed by atoms with E-state index in [4.69, 9.17) is 10.2 Å². The summed E-state index contributed by atoms with van der Waals surface area (Å²) in [6, 6.07) is 4.06. The molecule has 0 aliphatic rings. The molecule has 82 valence electrons. The molecule has 2 unspecified atom stereocenters. The molecule has 0 amide bonds. The molecule has 0 aliphatic carbocycles. The molecule has 0 saturated carbocycles. The van der Waals surface area contributed by atoms with Gasteiger partial charge in [0.2, 0.25) is 0 Å². The summed E-state index contributed by atoms with van der Waals surface area (Å²) in [5, 5.41) is 27.0. The summed E-state index contributed by atoms with van der Waals surface area (Å²) in [4.78, 5) is 10.4. The van der Waals surface area contributed by atoms with Gasteiger partial charge in [-0.1, -0.05) is 12.1 Å². The Balaban J connectivity index is 3.10. The summed E-state index contributed by atoms with van der Waals surface area (Å²) in [6.07, 6.45) is -3.79. The van der Waals surface area contributed by atoms with E-state index >= 15 is 0 Å². The predicted molar refractivity (Wildman–Crippen MR) is 49.7 cm³/mol. The standard InChI is InChI=1S/C10H11FO4/c1-5-3-2-4-6(11)7(5)8(12)9(13)10(14)15/h2-4,8-9,12-13H,1H3,(H,14,15). The normalized spacial score (nSPS) is 14.7. The lowest BCUT2D eigenvalue weighted by atomic mass is 9.99. The molecular formula is C10H11FO4. The summed E-state index contributed by atoms with van der Waals surface area (Å²) in [5.41, 5.74) is 0.204. The number of carboxylic acids is 1. The molecule has 15 heavy (non-hydrogen) atoms. The van der Waals surface area contributed by atoms with Crippen molar-refractivity contribution in [3.8, 4) is 0 Å². The molecule has 0 bridgehead atoms. The molecule has 4 nitrogen and oxygen atoms in total. The second-order valence-corrected chi connectivity index (χ2v) is 3.20. The van der Waals surface area contributed by atoms with E-state index in [9.17, 15) is 14.3 Å². The SMILES string of the molecule is Cc1cccc(F)c1C(O)C(O)C(=O)O. The Bertz CT molecular complexity index is 357. The van der Waals surface area contributed by atoms with Crippen LogP contribution in [0.2, 0.25) is 0 Å². The summed E-state index contributed by atoms with van der Waals surface area (Å²) < 4.78 is 13.3. The minimum atomic E-state index is -2.03. The third kappa shape index (κ3) is 2.31. The average Bonchev–Trinajstić information content (AvgIpc) is 2.15. The fraction of sp³-hybridized carbons (Fsp3) is 0.300. The van der Waals surface area contributed by atoms with Crippen LogP contribution in [0, 0.1) is 12.7 Å². The van der Waals surface area contributed by atoms with Gasteiger partial charge < -0.3 is 15.3 Å². The lowest BCUT2D eigenvalue weighted by Gasteiger charge is -2.17. The van der Waals surface area contributed by atoms with Gasteiger partial charge >= 0.3 is 5.97 Å². The molecule has 1 aromatic rings. The minimum absolute atomic E-state index is 0.188. The van der Waals surface area contributed by atoms with Crippen LogP contribution < -0.4 is 0 Å². The van der Waals surface area contributed by atoms with Crippen molar-refractivity contribution in [1.82, 2.24) is 0 Å². The summed E-state index contributed by atoms with van der Waals surface area (Å²) in [5.74, 6) is -2.33. The van der Waals surface area contributed by atoms with E-state index in [2.05, 4.69) is 0 Å². The molecular weight excluding hydrogens is 203 g/mol. The molecule has 0 fully saturated rings. The smallest absolute Gasteiger partial charge is 0.335 e. The Morgan fingerprint density at radius 1 is 1.40 bits per heavy atom. The Hall–Kier alpha value is -1.46. The van der Waals surface area contributed by atoms with Gasteiger partial charge in [0.1, 0.15) is 11.9 Å². The first-order valence-corrected chi connectivity index (χ1v) is 4.29. The van der Waals surface area contributed by atoms with Gasteiger partial charge in [-0.25, -0.2) is 9.18 Å². The highest BCUT2D eigenvalue weighted by Crippen LogP contribution is 2.23. The molecule has 1 aromatic carbocycles. The number of benzene rings is 1. The van der Waals surface area contributed by atoms with Gasteiger partial charge in [-0.15, -0.1) is 0 Å². The maximum absolute atomic E-state index is 13.3. The van der Waals surface area contributed by atoms with Crippen LogP contribution in [0.4, 0.5) is 4.39 Å². The first kappa shape index (κ1) is 11.6. The van der Waals surface area contributed by atoms with Gasteiger partial charge in [0.15, 0.2) is 6.10 Å². The number of hydrogen-bond donors (Lipinski definition) is 3. The van der Waals surface area contributed by atoms with Gasteiger partial charge in [0, 0.05) is 5.56 Å². The molecule has 3 N–H and O–H groups in total. The second kappa shape index (κ2) is 4.37. The third-order valence-electron chi connectivity index (χ3n) is 2.12. The van der Waals surface area contributed by atoms with E-state index in [1.54, 1.807) is 0 Å². The summed E-state index contributed by atoms with van der Waals surface area (Å²) in [7, 11) is 0. The quantitative estimate of drug-likeness (QED) is 0.689. The lowest BCUT2D eigenvalue weighted by Crippen LogP contribution is -2.28. The van der Waals surface area contributed by atoms with E-state index in [1.165, 1.54) is 19.1 Å². The zero-order chi connectivity index (χ0) is 11.6. The molecule has 0 spiro atoms. The van der Waals surface area contributed by atoms with Crippen LogP contribution in [-0.4, -0.2) is 27.4 Å². The van der Waals surface area contributed by atoms with Crippen molar-refractivity contribution in [3.63, 3.8) is 0 Å². The van der Waals surface area contributed by atoms with Gasteiger partial charge in [-0.2, -0.15) is 0 Å². The zero-order valence-electron chi connectivity index (χ0n) is 8.01. The van der Waals surface area contributed by atoms with E-state index in [0.29, 0.717) is 5.56 Å². The Morgan fingerprint density at radius 3 is 2.47 bits per heavy atom. The first-order chi connectivity index (χ1) is 6.95. The highest BCUT2D eigenvalue weighted by Gasteiger charge is 2.28. The van der Waals surface area contributed by atoms with Gasteiger partial charge in [-0.3, -0.25) is 0 Å². The van der Waals surface area contributed by atoms with Crippen LogP contribution in [-0.2, 0) is 4.79 Å². The lowest BCUT2D eigenvalue weighted by molar-refractivity contribution is -0.153. The van der Waals surface area contributed by atoms with Crippen LogP contribution in [0.3, 0.4) is 0 Å². The van der Waals surface area contributed by atoms with Crippen molar-refractivity contribution in [2.45, 2.75) is 19.1 Å². The Kier molecular flexibility index (Phi) is 3.39. The van der Waals surface area contributed by atoms with Gasteiger partial charge in [0.25, 0.3) is 0 Å². The Morgan fingerprint density at radius 2 is 2.00 bits per heavy atom. The number of aliphatic hydroxyl groups excluding tert-OH is 2. The van der Waals surface area contributed by atoms with Crippen LogP contribution in [0.5, 0.6) is 0 Å². The number of carbonyl (C=O) groups is 1. The van der Waals surface area contributed by atoms with Crippen LogP contribution in [0.15, 0.2) is 18.2 Å². The number of halogens is 1. The van der Waals surface area contributed by atoms with Crippen LogP contribution in [0.25, 0.3) is 0 Å². The van der Waals surface area contributed by atoms with Crippen molar-refractivity contribution in [2.24, 2.45) is 0 Å². The number of aliphatic carboxylic acids is 1. The molecule has 1 rings (SSSR count). The predicted octanol–water partition coefficient (Wildman–Crippen LogP) is 0.613. The zero-order valence-corrected chi connectivity index (χ0v) is 8.01. The maximum Gasteiger partial charge on any atom is 0.335 e. The highest BCUT2D eigenvalue weighted by atomic mass is 19.1. The number of rotatable bonds is 3. The van der Waals surface area contributed by atoms with Crippen molar-refractivity contribution >= 4 is 5.97 Å². The fourth-order valence-electron chi connectivity index (χ4n) is 1.31. The summed E-state index contributed by atoms with van der Waals surface area (Å²) >= 11 is 0. The van der Waals surface area contributed by atoms with Crippen molar-refractivity contribution in [3.05, 3.63) is 35.1 Å². The topological polar surface area (TPSA) is 77.8 Å². The number of hydrogen-bond acceptors (Lipinski definition) is 3. The molecule has 0 saturated heterocycles. The number of aliphatic hydroxyl groups is 2. The maximum atomic E-state index is 13.3. The van der Waals surface area contributed by atoms with E-state index in [1.807, 2.05) is 0 Å². The Labute approximate surface area is 85.6 Å². The minimum Gasteiger partial charge on any atom is -0.479 e. The van der Waals surface area contributed by atoms with Crippen LogP contribution >= 0.6 is 0 Å². The highest BCUT2D eigenvalue weighted by molar-refractivity contribution is 5.73. The molecule has 0 heterocycles. The first-order valence-electron chi connectivity index (χ1n) is 4.29. The van der Waals surface area contributed by atoms with Crippen LogP contribution in [0.1, 0.15) is 17.2 Å². The third-order valence-corrected chi connectivity index (χ3v) is 2.12. The fourth-order valence-corrected chi connectivity index (χ4v) is 1.31. The van der Waals surface area contributed by atoms with E-state index < -0.39 is 24.0 Å². The number of aryl methyl sites for hydroxylation is 1. The summed E-state index contributed by atoms with van der Waals surface area (Å²) in [6.45, 7) is 1.52. The average molecular weight is 214 g/mol. The largest absolute Gasteiger partial charge is 0.479 e. The van der Waals surface area contributed by atoms with Gasteiger partial charge in [0.05, 0.1) is 0 Å². The number of carboxylic acid groups (broad SMARTS) is 1. The second-order valence-electron chi connectivity index (χ2n) is 3.20. The van der Waals surface area contributed by atoms with Crippen molar-refractivity contribution in [2.75, 3.05) is 0 Å². The molecule has 0 aromatic heterocycles. The van der Waals surface area contributed by atoms with E-state index in [0.717, 1.165) is 6.07 Å². The van der Waals surface area contributed by atoms with Crippen molar-refractivity contribution in [1.29, 1.82) is 0 Å². The molecule has 0 aliphatic heterocycles.